The summed E-state index contributed by atoms with van der Waals surface area (Å²) < 4.78 is 0. The maximum absolute atomic E-state index is 12.4. The van der Waals surface area contributed by atoms with Crippen molar-refractivity contribution in [3.63, 3.8) is 0 Å². The molecule has 0 fully saturated rings. The molecule has 0 aliphatic carbocycles. The van der Waals surface area contributed by atoms with Crippen LogP contribution in [-0.4, -0.2) is 41.2 Å². The number of likely N-dealkylation sites (N-methyl/N-ethyl adjacent to an activating group) is 1. The molecule has 0 radical (unpaired) electrons. The maximum Gasteiger partial charge on any atom is 0.257 e. The fraction of sp³-hybridized carbons (Fsp3) is 0.182. The first-order valence-corrected chi connectivity index (χ1v) is 10.2. The molecule has 3 amide bonds. The Morgan fingerprint density at radius 1 is 1.00 bits per heavy atom. The van der Waals surface area contributed by atoms with E-state index in [4.69, 9.17) is 0 Å². The molecule has 7 nitrogen and oxygen atoms in total. The summed E-state index contributed by atoms with van der Waals surface area (Å²) >= 11 is 1.25. The topological polar surface area (TPSA) is 91.4 Å². The van der Waals surface area contributed by atoms with Crippen LogP contribution in [0, 0.1) is 6.92 Å². The summed E-state index contributed by atoms with van der Waals surface area (Å²) in [7, 11) is 1.57. The number of benzene rings is 2. The Bertz CT molecular complexity index is 1030. The molecule has 0 aliphatic rings. The molecule has 0 saturated heterocycles. The number of carbonyl (C=O) groups is 3. The van der Waals surface area contributed by atoms with Crippen molar-refractivity contribution in [3.8, 4) is 0 Å². The van der Waals surface area contributed by atoms with Crippen LogP contribution < -0.4 is 10.6 Å². The standard InChI is InChI=1S/C22H22N4O3S/c1-15-8-10-17(11-9-15)23-19(27)13-26(2)20(28)12-18-14-30-22(24-18)25-21(29)16-6-4-3-5-7-16/h3-11,14H,12-13H2,1-2H3,(H,23,27)(H,24,25,29). The number of amides is 3. The average molecular weight is 423 g/mol. The molecule has 2 N–H and O–H groups in total. The summed E-state index contributed by atoms with van der Waals surface area (Å²) in [4.78, 5) is 42.4. The molecule has 3 aromatic rings. The monoisotopic (exact) mass is 422 g/mol. The van der Waals surface area contributed by atoms with Crippen molar-refractivity contribution in [1.82, 2.24) is 9.88 Å². The van der Waals surface area contributed by atoms with E-state index in [-0.39, 0.29) is 30.7 Å². The minimum absolute atomic E-state index is 0.0476. The molecule has 30 heavy (non-hydrogen) atoms. The van der Waals surface area contributed by atoms with Gasteiger partial charge in [-0.15, -0.1) is 11.3 Å². The van der Waals surface area contributed by atoms with Crippen LogP contribution in [0.1, 0.15) is 21.6 Å². The number of nitrogens with zero attached hydrogens (tertiary/aromatic N) is 2. The van der Waals surface area contributed by atoms with Crippen LogP contribution in [-0.2, 0) is 16.0 Å². The Labute approximate surface area is 178 Å². The maximum atomic E-state index is 12.4. The van der Waals surface area contributed by atoms with Crippen molar-refractivity contribution in [3.05, 3.63) is 76.8 Å². The highest BCUT2D eigenvalue weighted by Gasteiger charge is 2.16. The zero-order valence-electron chi connectivity index (χ0n) is 16.7. The number of anilines is 2. The second-order valence-electron chi connectivity index (χ2n) is 6.80. The Morgan fingerprint density at radius 2 is 1.70 bits per heavy atom. The van der Waals surface area contributed by atoms with E-state index in [9.17, 15) is 14.4 Å². The largest absolute Gasteiger partial charge is 0.336 e. The van der Waals surface area contributed by atoms with E-state index < -0.39 is 0 Å². The van der Waals surface area contributed by atoms with Gasteiger partial charge >= 0.3 is 0 Å². The number of hydrogen-bond donors (Lipinski definition) is 2. The number of thiazole rings is 1. The van der Waals surface area contributed by atoms with Gasteiger partial charge in [0, 0.05) is 23.7 Å². The molecule has 1 aromatic heterocycles. The molecule has 154 valence electrons. The van der Waals surface area contributed by atoms with Gasteiger partial charge in [0.15, 0.2) is 5.13 Å². The van der Waals surface area contributed by atoms with E-state index in [0.717, 1.165) is 5.56 Å². The summed E-state index contributed by atoms with van der Waals surface area (Å²) in [5.41, 5.74) is 2.86. The van der Waals surface area contributed by atoms with Crippen molar-refractivity contribution in [1.29, 1.82) is 0 Å². The first-order chi connectivity index (χ1) is 14.4. The van der Waals surface area contributed by atoms with Crippen LogP contribution in [0.15, 0.2) is 60.0 Å². The molecule has 0 saturated carbocycles. The van der Waals surface area contributed by atoms with Gasteiger partial charge in [-0.05, 0) is 31.2 Å². The molecular weight excluding hydrogens is 400 g/mol. The summed E-state index contributed by atoms with van der Waals surface area (Å²) in [5, 5.41) is 7.63. The number of nitrogens with one attached hydrogen (secondary N) is 2. The fourth-order valence-corrected chi connectivity index (χ4v) is 3.34. The molecule has 1 heterocycles. The average Bonchev–Trinajstić information content (AvgIpc) is 3.17. The molecule has 3 rings (SSSR count). The fourth-order valence-electron chi connectivity index (χ4n) is 2.64. The van der Waals surface area contributed by atoms with Crippen LogP contribution in [0.5, 0.6) is 0 Å². The van der Waals surface area contributed by atoms with Gasteiger partial charge in [-0.2, -0.15) is 0 Å². The summed E-state index contributed by atoms with van der Waals surface area (Å²) in [6.45, 7) is 1.91. The lowest BCUT2D eigenvalue weighted by Gasteiger charge is -2.16. The Kier molecular flexibility index (Phi) is 6.92. The van der Waals surface area contributed by atoms with E-state index in [1.165, 1.54) is 16.2 Å². The molecule has 0 spiro atoms. The summed E-state index contributed by atoms with van der Waals surface area (Å²) in [5.74, 6) is -0.767. The number of aryl methyl sites for hydroxylation is 1. The Balaban J connectivity index is 1.50. The molecule has 0 atom stereocenters. The van der Waals surface area contributed by atoms with Gasteiger partial charge in [0.25, 0.3) is 5.91 Å². The van der Waals surface area contributed by atoms with Crippen LogP contribution in [0.25, 0.3) is 0 Å². The molecule has 8 heteroatoms. The van der Waals surface area contributed by atoms with E-state index >= 15 is 0 Å². The van der Waals surface area contributed by atoms with Gasteiger partial charge < -0.3 is 10.2 Å². The quantitative estimate of drug-likeness (QED) is 0.611. The second-order valence-corrected chi connectivity index (χ2v) is 7.66. The lowest BCUT2D eigenvalue weighted by atomic mass is 10.2. The van der Waals surface area contributed by atoms with Gasteiger partial charge in [0.1, 0.15) is 0 Å². The Hall–Kier alpha value is -3.52. The highest BCUT2D eigenvalue weighted by molar-refractivity contribution is 7.14. The molecule has 0 aliphatic heterocycles. The molecule has 0 bridgehead atoms. The zero-order chi connectivity index (χ0) is 21.5. The highest BCUT2D eigenvalue weighted by Crippen LogP contribution is 2.17. The minimum Gasteiger partial charge on any atom is -0.336 e. The molecular formula is C22H22N4O3S. The summed E-state index contributed by atoms with van der Waals surface area (Å²) in [6.07, 6.45) is 0.0476. The number of carbonyl (C=O) groups excluding carboxylic acids is 3. The van der Waals surface area contributed by atoms with Crippen molar-refractivity contribution < 1.29 is 14.4 Å². The minimum atomic E-state index is -0.274. The second kappa shape index (κ2) is 9.80. The van der Waals surface area contributed by atoms with E-state index in [0.29, 0.717) is 22.1 Å². The van der Waals surface area contributed by atoms with Crippen molar-refractivity contribution in [2.45, 2.75) is 13.3 Å². The zero-order valence-corrected chi connectivity index (χ0v) is 17.5. The number of aromatic nitrogens is 1. The van der Waals surface area contributed by atoms with Crippen molar-refractivity contribution in [2.75, 3.05) is 24.2 Å². The molecule has 0 unspecified atom stereocenters. The Morgan fingerprint density at radius 3 is 2.40 bits per heavy atom. The smallest absolute Gasteiger partial charge is 0.257 e. The SMILES string of the molecule is Cc1ccc(NC(=O)CN(C)C(=O)Cc2csc(NC(=O)c3ccccc3)n2)cc1. The summed E-state index contributed by atoms with van der Waals surface area (Å²) in [6, 6.07) is 16.3. The van der Waals surface area contributed by atoms with Gasteiger partial charge in [-0.1, -0.05) is 35.9 Å². The predicted molar refractivity (Wildman–Crippen MR) is 118 cm³/mol. The normalized spacial score (nSPS) is 10.3. The van der Waals surface area contributed by atoms with Gasteiger partial charge in [0.05, 0.1) is 18.7 Å². The van der Waals surface area contributed by atoms with Crippen LogP contribution >= 0.6 is 11.3 Å². The van der Waals surface area contributed by atoms with Gasteiger partial charge in [0.2, 0.25) is 11.8 Å². The van der Waals surface area contributed by atoms with Crippen LogP contribution in [0.4, 0.5) is 10.8 Å². The first-order valence-electron chi connectivity index (χ1n) is 9.32. The van der Waals surface area contributed by atoms with Gasteiger partial charge in [-0.3, -0.25) is 19.7 Å². The lowest BCUT2D eigenvalue weighted by Crippen LogP contribution is -2.35. The third kappa shape index (κ3) is 5.99. The van der Waals surface area contributed by atoms with Crippen molar-refractivity contribution in [2.24, 2.45) is 0 Å². The number of rotatable bonds is 7. The number of hydrogen-bond acceptors (Lipinski definition) is 5. The van der Waals surface area contributed by atoms with Crippen molar-refractivity contribution >= 4 is 39.9 Å². The molecule has 2 aromatic carbocycles. The van der Waals surface area contributed by atoms with Crippen LogP contribution in [0.3, 0.4) is 0 Å². The third-order valence-corrected chi connectivity index (χ3v) is 5.09. The predicted octanol–water partition coefficient (Wildman–Crippen LogP) is 3.34. The van der Waals surface area contributed by atoms with Gasteiger partial charge in [-0.25, -0.2) is 4.98 Å². The first kappa shape index (κ1) is 21.2. The van der Waals surface area contributed by atoms with E-state index in [2.05, 4.69) is 15.6 Å². The van der Waals surface area contributed by atoms with E-state index in [1.807, 2.05) is 37.3 Å². The van der Waals surface area contributed by atoms with Crippen LogP contribution in [0.2, 0.25) is 0 Å². The third-order valence-electron chi connectivity index (χ3n) is 4.28. The highest BCUT2D eigenvalue weighted by atomic mass is 32.1. The van der Waals surface area contributed by atoms with E-state index in [1.54, 1.807) is 36.7 Å². The lowest BCUT2D eigenvalue weighted by molar-refractivity contribution is -0.132.